The molecule has 28 heavy (non-hydrogen) atoms. The summed E-state index contributed by atoms with van der Waals surface area (Å²) >= 11 is 0. The van der Waals surface area contributed by atoms with Gasteiger partial charge in [-0.15, -0.1) is 0 Å². The van der Waals surface area contributed by atoms with Gasteiger partial charge in [0.1, 0.15) is 0 Å². The number of aryl methyl sites for hydroxylation is 1. The number of hydrogen-bond acceptors (Lipinski definition) is 2. The Balaban J connectivity index is 1.45. The minimum Gasteiger partial charge on any atom is -0.342 e. The molecule has 3 nitrogen and oxygen atoms in total. The molecule has 0 spiro atoms. The van der Waals surface area contributed by atoms with Crippen LogP contribution >= 0.6 is 0 Å². The van der Waals surface area contributed by atoms with Gasteiger partial charge in [0.2, 0.25) is 5.91 Å². The SMILES string of the molecule is Cc1ccc(C23CC4CC(CC(C(=O)N5CCCC(C(C)N)C5)(C4)C2)C3)cc1. The van der Waals surface area contributed by atoms with Crippen LogP contribution in [0.2, 0.25) is 0 Å². The number of likely N-dealkylation sites (tertiary alicyclic amines) is 1. The van der Waals surface area contributed by atoms with Crippen LogP contribution in [0.3, 0.4) is 0 Å². The van der Waals surface area contributed by atoms with E-state index >= 15 is 0 Å². The third kappa shape index (κ3) is 2.93. The highest BCUT2D eigenvalue weighted by atomic mass is 16.2. The van der Waals surface area contributed by atoms with E-state index in [1.165, 1.54) is 36.8 Å². The van der Waals surface area contributed by atoms with Gasteiger partial charge in [-0.1, -0.05) is 29.8 Å². The van der Waals surface area contributed by atoms with Crippen molar-refractivity contribution in [2.24, 2.45) is 28.9 Å². The predicted octanol–water partition coefficient (Wildman–Crippen LogP) is 4.42. The fraction of sp³-hybridized carbons (Fsp3) is 0.720. The minimum absolute atomic E-state index is 0.102. The Morgan fingerprint density at radius 1 is 1.14 bits per heavy atom. The van der Waals surface area contributed by atoms with Crippen molar-refractivity contribution in [3.05, 3.63) is 35.4 Å². The van der Waals surface area contributed by atoms with Gasteiger partial charge in [0, 0.05) is 19.1 Å². The van der Waals surface area contributed by atoms with Gasteiger partial charge in [0.05, 0.1) is 5.41 Å². The third-order valence-corrected chi connectivity index (χ3v) is 8.67. The van der Waals surface area contributed by atoms with Crippen molar-refractivity contribution < 1.29 is 4.79 Å². The molecule has 152 valence electrons. The number of hydrogen-bond donors (Lipinski definition) is 1. The molecule has 4 saturated carbocycles. The maximum atomic E-state index is 13.9. The quantitative estimate of drug-likeness (QED) is 0.844. The monoisotopic (exact) mass is 380 g/mol. The van der Waals surface area contributed by atoms with Gasteiger partial charge in [-0.2, -0.15) is 0 Å². The first-order valence-electron chi connectivity index (χ1n) is 11.5. The lowest BCUT2D eigenvalue weighted by Crippen LogP contribution is -2.60. The zero-order valence-electron chi connectivity index (χ0n) is 17.6. The summed E-state index contributed by atoms with van der Waals surface area (Å²) in [5.74, 6) is 2.42. The second-order valence-electron chi connectivity index (χ2n) is 10.9. The molecule has 4 aliphatic carbocycles. The molecule has 1 heterocycles. The average Bonchev–Trinajstić information content (AvgIpc) is 2.67. The van der Waals surface area contributed by atoms with Gasteiger partial charge in [0.15, 0.2) is 0 Å². The number of amides is 1. The van der Waals surface area contributed by atoms with E-state index < -0.39 is 0 Å². The predicted molar refractivity (Wildman–Crippen MR) is 113 cm³/mol. The Hall–Kier alpha value is -1.35. The average molecular weight is 381 g/mol. The molecule has 3 heteroatoms. The van der Waals surface area contributed by atoms with Crippen LogP contribution in [-0.2, 0) is 10.2 Å². The van der Waals surface area contributed by atoms with Gasteiger partial charge in [-0.25, -0.2) is 0 Å². The molecule has 4 unspecified atom stereocenters. The molecular weight excluding hydrogens is 344 g/mol. The Morgan fingerprint density at radius 3 is 2.46 bits per heavy atom. The number of rotatable bonds is 3. The lowest BCUT2D eigenvalue weighted by Gasteiger charge is -2.62. The first-order chi connectivity index (χ1) is 13.4. The molecule has 1 saturated heterocycles. The normalized spacial score (nSPS) is 40.5. The second kappa shape index (κ2) is 6.58. The van der Waals surface area contributed by atoms with Crippen LogP contribution in [0.5, 0.6) is 0 Å². The van der Waals surface area contributed by atoms with Crippen molar-refractivity contribution in [1.82, 2.24) is 4.90 Å². The summed E-state index contributed by atoms with van der Waals surface area (Å²) in [6.45, 7) is 6.09. The maximum Gasteiger partial charge on any atom is 0.228 e. The van der Waals surface area contributed by atoms with Crippen molar-refractivity contribution in [3.8, 4) is 0 Å². The van der Waals surface area contributed by atoms with E-state index in [2.05, 4.69) is 43.0 Å². The Kier molecular flexibility index (Phi) is 4.39. The zero-order valence-corrected chi connectivity index (χ0v) is 17.6. The van der Waals surface area contributed by atoms with E-state index in [9.17, 15) is 4.79 Å². The van der Waals surface area contributed by atoms with E-state index in [1.54, 1.807) is 0 Å². The van der Waals surface area contributed by atoms with Gasteiger partial charge in [-0.3, -0.25) is 4.79 Å². The molecule has 4 bridgehead atoms. The molecule has 1 aliphatic heterocycles. The molecule has 4 atom stereocenters. The number of carbonyl (C=O) groups is 1. The number of benzene rings is 1. The van der Waals surface area contributed by atoms with Gasteiger partial charge in [0.25, 0.3) is 0 Å². The topological polar surface area (TPSA) is 46.3 Å². The van der Waals surface area contributed by atoms with Crippen LogP contribution in [0.15, 0.2) is 24.3 Å². The van der Waals surface area contributed by atoms with E-state index in [1.807, 2.05) is 0 Å². The lowest BCUT2D eigenvalue weighted by atomic mass is 9.42. The Morgan fingerprint density at radius 2 is 1.82 bits per heavy atom. The standard InChI is InChI=1S/C25H36N2O/c1-17-5-7-22(8-6-17)24-11-19-10-20(12-24)14-25(13-19,16-24)23(28)27-9-3-4-21(15-27)18(2)26/h5-8,18-21H,3-4,9-16,26H2,1-2H3. The highest BCUT2D eigenvalue weighted by Crippen LogP contribution is 2.66. The second-order valence-corrected chi connectivity index (χ2v) is 10.9. The minimum atomic E-state index is -0.102. The van der Waals surface area contributed by atoms with Crippen LogP contribution in [-0.4, -0.2) is 29.9 Å². The van der Waals surface area contributed by atoms with Crippen LogP contribution in [0, 0.1) is 30.1 Å². The van der Waals surface area contributed by atoms with E-state index in [0.717, 1.165) is 50.6 Å². The molecular formula is C25H36N2O. The molecule has 1 aromatic carbocycles. The number of piperidine rings is 1. The first kappa shape index (κ1) is 18.7. The summed E-state index contributed by atoms with van der Waals surface area (Å²) < 4.78 is 0. The van der Waals surface area contributed by atoms with E-state index in [4.69, 9.17) is 5.73 Å². The Labute approximate surface area is 170 Å². The number of nitrogens with zero attached hydrogens (tertiary/aromatic N) is 1. The van der Waals surface area contributed by atoms with Crippen LogP contribution in [0.4, 0.5) is 0 Å². The van der Waals surface area contributed by atoms with E-state index in [0.29, 0.717) is 11.8 Å². The smallest absolute Gasteiger partial charge is 0.228 e. The molecule has 0 radical (unpaired) electrons. The number of carbonyl (C=O) groups excluding carboxylic acids is 1. The summed E-state index contributed by atoms with van der Waals surface area (Å²) in [6, 6.07) is 9.42. The fourth-order valence-corrected chi connectivity index (χ4v) is 7.72. The van der Waals surface area contributed by atoms with Crippen molar-refractivity contribution in [1.29, 1.82) is 0 Å². The molecule has 0 aromatic heterocycles. The van der Waals surface area contributed by atoms with Crippen LogP contribution in [0.25, 0.3) is 0 Å². The Bertz CT molecular complexity index is 738. The highest BCUT2D eigenvalue weighted by molar-refractivity contribution is 5.84. The summed E-state index contributed by atoms with van der Waals surface area (Å²) in [4.78, 5) is 16.1. The molecule has 1 amide bonds. The van der Waals surface area contributed by atoms with Gasteiger partial charge < -0.3 is 10.6 Å². The van der Waals surface area contributed by atoms with E-state index in [-0.39, 0.29) is 16.9 Å². The van der Waals surface area contributed by atoms with Gasteiger partial charge in [-0.05, 0) is 93.9 Å². The third-order valence-electron chi connectivity index (χ3n) is 8.67. The fourth-order valence-electron chi connectivity index (χ4n) is 7.72. The van der Waals surface area contributed by atoms with Gasteiger partial charge >= 0.3 is 0 Å². The van der Waals surface area contributed by atoms with Crippen LogP contribution < -0.4 is 5.73 Å². The molecule has 5 fully saturated rings. The number of nitrogens with two attached hydrogens (primary N) is 1. The summed E-state index contributed by atoms with van der Waals surface area (Å²) in [5.41, 5.74) is 9.17. The highest BCUT2D eigenvalue weighted by Gasteiger charge is 2.61. The maximum absolute atomic E-state index is 13.9. The molecule has 6 rings (SSSR count). The molecule has 2 N–H and O–H groups in total. The molecule has 5 aliphatic rings. The van der Waals surface area contributed by atoms with Crippen molar-refractivity contribution in [2.45, 2.75) is 76.7 Å². The summed E-state index contributed by atoms with van der Waals surface area (Å²) in [5, 5.41) is 0. The zero-order chi connectivity index (χ0) is 19.5. The first-order valence-corrected chi connectivity index (χ1v) is 11.5. The lowest BCUT2D eigenvalue weighted by molar-refractivity contribution is -0.162. The van der Waals surface area contributed by atoms with Crippen LogP contribution in [0.1, 0.15) is 69.4 Å². The molecule has 1 aromatic rings. The van der Waals surface area contributed by atoms with Crippen molar-refractivity contribution >= 4 is 5.91 Å². The summed E-state index contributed by atoms with van der Waals surface area (Å²) in [7, 11) is 0. The summed E-state index contributed by atoms with van der Waals surface area (Å²) in [6.07, 6.45) is 9.58. The van der Waals surface area contributed by atoms with Crippen molar-refractivity contribution in [2.75, 3.05) is 13.1 Å². The largest absolute Gasteiger partial charge is 0.342 e. The van der Waals surface area contributed by atoms with Crippen molar-refractivity contribution in [3.63, 3.8) is 0 Å².